The van der Waals surface area contributed by atoms with E-state index in [0.717, 1.165) is 16.8 Å². The molecule has 1 N–H and O–H groups in total. The van der Waals surface area contributed by atoms with Crippen molar-refractivity contribution in [3.8, 4) is 0 Å². The molecule has 1 aliphatic rings. The second kappa shape index (κ2) is 4.75. The summed E-state index contributed by atoms with van der Waals surface area (Å²) in [6.07, 6.45) is 5.28. The third kappa shape index (κ3) is 2.78. The van der Waals surface area contributed by atoms with Gasteiger partial charge in [-0.1, -0.05) is 24.6 Å². The number of aromatic carboxylic acids is 1. The minimum Gasteiger partial charge on any atom is -0.475 e. The largest absolute Gasteiger partial charge is 0.475 e. The summed E-state index contributed by atoms with van der Waals surface area (Å²) in [6, 6.07) is 3.25. The second-order valence-corrected chi connectivity index (χ2v) is 4.91. The molecule has 0 radical (unpaired) electrons. The van der Waals surface area contributed by atoms with Gasteiger partial charge in [0.2, 0.25) is 5.76 Å². The Labute approximate surface area is 92.9 Å². The monoisotopic (exact) mass is 226 g/mol. The van der Waals surface area contributed by atoms with Crippen molar-refractivity contribution in [2.24, 2.45) is 5.92 Å². The third-order valence-electron chi connectivity index (χ3n) is 2.73. The quantitative estimate of drug-likeness (QED) is 0.800. The lowest BCUT2D eigenvalue weighted by Gasteiger charge is -2.05. The number of rotatable bonds is 4. The summed E-state index contributed by atoms with van der Waals surface area (Å²) in [6.45, 7) is 0. The summed E-state index contributed by atoms with van der Waals surface area (Å²) in [4.78, 5) is 10.6. The molecule has 3 nitrogen and oxygen atoms in total. The highest BCUT2D eigenvalue weighted by molar-refractivity contribution is 7.99. The van der Waals surface area contributed by atoms with Crippen molar-refractivity contribution in [1.82, 2.24) is 0 Å². The first kappa shape index (κ1) is 10.6. The van der Waals surface area contributed by atoms with Crippen LogP contribution in [0.4, 0.5) is 0 Å². The van der Waals surface area contributed by atoms with E-state index in [4.69, 9.17) is 9.52 Å². The van der Waals surface area contributed by atoms with Gasteiger partial charge in [0.1, 0.15) is 0 Å². The fourth-order valence-corrected chi connectivity index (χ4v) is 2.94. The number of furan rings is 1. The number of hydrogen-bond donors (Lipinski definition) is 1. The van der Waals surface area contributed by atoms with Crippen LogP contribution in [0.2, 0.25) is 0 Å². The molecule has 15 heavy (non-hydrogen) atoms. The first-order valence-corrected chi connectivity index (χ1v) is 6.20. The number of carbonyl (C=O) groups is 1. The van der Waals surface area contributed by atoms with Crippen LogP contribution in [0.5, 0.6) is 0 Å². The summed E-state index contributed by atoms with van der Waals surface area (Å²) in [7, 11) is 0. The smallest absolute Gasteiger partial charge is 0.371 e. The van der Waals surface area contributed by atoms with Gasteiger partial charge < -0.3 is 9.52 Å². The first-order valence-electron chi connectivity index (χ1n) is 5.21. The van der Waals surface area contributed by atoms with Crippen LogP contribution in [0, 0.1) is 5.92 Å². The van der Waals surface area contributed by atoms with Gasteiger partial charge in [0.25, 0.3) is 0 Å². The Balaban J connectivity index is 1.84. The Morgan fingerprint density at radius 3 is 2.80 bits per heavy atom. The van der Waals surface area contributed by atoms with Crippen LogP contribution in [0.1, 0.15) is 36.2 Å². The standard InChI is InChI=1S/C11H14O3S/c12-11(13)9-5-6-10(14-9)15-7-8-3-1-2-4-8/h5-6,8H,1-4,7H2,(H,12,13). The Bertz CT molecular complexity index is 339. The molecule has 0 saturated heterocycles. The van der Waals surface area contributed by atoms with Crippen molar-refractivity contribution in [2.45, 2.75) is 30.8 Å². The maximum Gasteiger partial charge on any atom is 0.371 e. The minimum atomic E-state index is -0.997. The second-order valence-electron chi connectivity index (χ2n) is 3.89. The summed E-state index contributed by atoms with van der Waals surface area (Å²) in [5.41, 5.74) is 0. The highest BCUT2D eigenvalue weighted by Gasteiger charge is 2.16. The predicted molar refractivity (Wildman–Crippen MR) is 58.3 cm³/mol. The number of hydrogen-bond acceptors (Lipinski definition) is 3. The average Bonchev–Trinajstić information content (AvgIpc) is 2.86. The zero-order valence-electron chi connectivity index (χ0n) is 8.44. The fourth-order valence-electron chi connectivity index (χ4n) is 1.89. The Hall–Kier alpha value is -0.900. The first-order chi connectivity index (χ1) is 7.25. The third-order valence-corrected chi connectivity index (χ3v) is 3.87. The van der Waals surface area contributed by atoms with Crippen LogP contribution in [0.25, 0.3) is 0 Å². The van der Waals surface area contributed by atoms with Gasteiger partial charge in [-0.2, -0.15) is 0 Å². The van der Waals surface area contributed by atoms with Gasteiger partial charge in [0, 0.05) is 5.75 Å². The number of carboxylic acid groups (broad SMARTS) is 1. The molecule has 1 aromatic heterocycles. The number of thioether (sulfide) groups is 1. The zero-order valence-corrected chi connectivity index (χ0v) is 9.26. The minimum absolute atomic E-state index is 0.0314. The lowest BCUT2D eigenvalue weighted by atomic mass is 10.1. The molecular formula is C11H14O3S. The summed E-state index contributed by atoms with van der Waals surface area (Å²) in [5, 5.41) is 9.40. The van der Waals surface area contributed by atoms with Crippen LogP contribution in [-0.4, -0.2) is 16.8 Å². The number of carboxylic acids is 1. The molecule has 82 valence electrons. The Kier molecular flexibility index (Phi) is 3.36. The normalized spacial score (nSPS) is 17.1. The highest BCUT2D eigenvalue weighted by Crippen LogP contribution is 2.31. The molecule has 0 unspecified atom stereocenters. The van der Waals surface area contributed by atoms with E-state index in [0.29, 0.717) is 0 Å². The van der Waals surface area contributed by atoms with Crippen LogP contribution in [-0.2, 0) is 0 Å². The molecule has 1 heterocycles. The van der Waals surface area contributed by atoms with Gasteiger partial charge in [0.15, 0.2) is 5.09 Å². The van der Waals surface area contributed by atoms with E-state index in [9.17, 15) is 4.79 Å². The van der Waals surface area contributed by atoms with Gasteiger partial charge in [-0.25, -0.2) is 4.79 Å². The molecule has 0 aliphatic heterocycles. The van der Waals surface area contributed by atoms with Crippen molar-refractivity contribution in [1.29, 1.82) is 0 Å². The van der Waals surface area contributed by atoms with Crippen LogP contribution >= 0.6 is 11.8 Å². The lowest BCUT2D eigenvalue weighted by Crippen LogP contribution is -1.95. The predicted octanol–water partition coefficient (Wildman–Crippen LogP) is 3.26. The van der Waals surface area contributed by atoms with E-state index >= 15 is 0 Å². The van der Waals surface area contributed by atoms with Crippen molar-refractivity contribution in [3.63, 3.8) is 0 Å². The molecule has 1 fully saturated rings. The topological polar surface area (TPSA) is 50.4 Å². The molecule has 2 rings (SSSR count). The molecule has 4 heteroatoms. The molecule has 1 saturated carbocycles. The van der Waals surface area contributed by atoms with Gasteiger partial charge in [-0.3, -0.25) is 0 Å². The van der Waals surface area contributed by atoms with E-state index in [-0.39, 0.29) is 5.76 Å². The molecule has 0 amide bonds. The Morgan fingerprint density at radius 2 is 2.20 bits per heavy atom. The van der Waals surface area contributed by atoms with Crippen molar-refractivity contribution >= 4 is 17.7 Å². The fraction of sp³-hybridized carbons (Fsp3) is 0.545. The molecule has 1 aromatic rings. The van der Waals surface area contributed by atoms with Crippen LogP contribution in [0.3, 0.4) is 0 Å². The summed E-state index contributed by atoms with van der Waals surface area (Å²) < 4.78 is 5.17. The summed E-state index contributed by atoms with van der Waals surface area (Å²) >= 11 is 1.63. The van der Waals surface area contributed by atoms with Crippen LogP contribution in [0.15, 0.2) is 21.6 Å². The Morgan fingerprint density at radius 1 is 1.47 bits per heavy atom. The van der Waals surface area contributed by atoms with E-state index < -0.39 is 5.97 Å². The van der Waals surface area contributed by atoms with Gasteiger partial charge in [-0.15, -0.1) is 0 Å². The average molecular weight is 226 g/mol. The highest BCUT2D eigenvalue weighted by atomic mass is 32.2. The molecule has 1 aliphatic carbocycles. The molecule has 0 spiro atoms. The van der Waals surface area contributed by atoms with Crippen LogP contribution < -0.4 is 0 Å². The maximum absolute atomic E-state index is 10.6. The van der Waals surface area contributed by atoms with Crippen molar-refractivity contribution < 1.29 is 14.3 Å². The molecule has 0 atom stereocenters. The zero-order chi connectivity index (χ0) is 10.7. The molecule has 0 aromatic carbocycles. The van der Waals surface area contributed by atoms with Gasteiger partial charge in [0.05, 0.1) is 0 Å². The maximum atomic E-state index is 10.6. The lowest BCUT2D eigenvalue weighted by molar-refractivity contribution is 0.0656. The van der Waals surface area contributed by atoms with Gasteiger partial charge >= 0.3 is 5.97 Å². The molecule has 0 bridgehead atoms. The van der Waals surface area contributed by atoms with E-state index in [2.05, 4.69) is 0 Å². The van der Waals surface area contributed by atoms with E-state index in [1.54, 1.807) is 17.8 Å². The molecular weight excluding hydrogens is 212 g/mol. The van der Waals surface area contributed by atoms with E-state index in [1.807, 2.05) is 0 Å². The summed E-state index contributed by atoms with van der Waals surface area (Å²) in [5.74, 6) is 0.868. The SMILES string of the molecule is O=C(O)c1ccc(SCC2CCCC2)o1. The van der Waals surface area contributed by atoms with Crippen molar-refractivity contribution in [3.05, 3.63) is 17.9 Å². The van der Waals surface area contributed by atoms with Gasteiger partial charge in [-0.05, 0) is 30.9 Å². The van der Waals surface area contributed by atoms with E-state index in [1.165, 1.54) is 31.7 Å². The van der Waals surface area contributed by atoms with Crippen molar-refractivity contribution in [2.75, 3.05) is 5.75 Å².